The molecule has 0 bridgehead atoms. The molecule has 0 radical (unpaired) electrons. The molecule has 0 unspecified atom stereocenters. The lowest BCUT2D eigenvalue weighted by molar-refractivity contribution is 0.700. The Morgan fingerprint density at radius 3 is 3.00 bits per heavy atom. The normalized spacial score (nSPS) is 15.3. The number of nitrogens with one attached hydrogen (secondary N) is 3. The largest absolute Gasteiger partial charge is 0.369 e. The lowest BCUT2D eigenvalue weighted by Gasteiger charge is -2.06. The molecule has 0 atom stereocenters. The van der Waals surface area contributed by atoms with Gasteiger partial charge in [0.2, 0.25) is 0 Å². The second-order valence-electron chi connectivity index (χ2n) is 3.87. The fourth-order valence-electron chi connectivity index (χ4n) is 1.42. The van der Waals surface area contributed by atoms with E-state index in [-0.39, 0.29) is 5.56 Å². The van der Waals surface area contributed by atoms with Gasteiger partial charge in [-0.25, -0.2) is 4.98 Å². The van der Waals surface area contributed by atoms with Gasteiger partial charge in [0.05, 0.1) is 0 Å². The highest BCUT2D eigenvalue weighted by Crippen LogP contribution is 2.17. The summed E-state index contributed by atoms with van der Waals surface area (Å²) >= 11 is 0. The Labute approximate surface area is 88.3 Å². The topological polar surface area (TPSA) is 69.8 Å². The van der Waals surface area contributed by atoms with E-state index in [1.54, 1.807) is 6.92 Å². The average Bonchev–Trinajstić information content (AvgIpc) is 2.94. The highest BCUT2D eigenvalue weighted by Gasteiger charge is 2.19. The minimum atomic E-state index is -0.111. The van der Waals surface area contributed by atoms with Crippen molar-refractivity contribution in [1.29, 1.82) is 0 Å². The van der Waals surface area contributed by atoms with Gasteiger partial charge in [0, 0.05) is 25.2 Å². The molecule has 0 aromatic carbocycles. The van der Waals surface area contributed by atoms with E-state index in [0.29, 0.717) is 11.6 Å². The second kappa shape index (κ2) is 4.44. The van der Waals surface area contributed by atoms with Crippen LogP contribution >= 0.6 is 0 Å². The molecule has 0 spiro atoms. The van der Waals surface area contributed by atoms with Gasteiger partial charge in [-0.2, -0.15) is 0 Å². The third kappa shape index (κ3) is 3.36. The van der Waals surface area contributed by atoms with Gasteiger partial charge in [0.15, 0.2) is 0 Å². The number of aromatic nitrogens is 2. The van der Waals surface area contributed by atoms with E-state index in [4.69, 9.17) is 0 Å². The van der Waals surface area contributed by atoms with E-state index in [0.717, 1.165) is 19.1 Å². The van der Waals surface area contributed by atoms with Crippen molar-refractivity contribution in [1.82, 2.24) is 15.3 Å². The predicted octanol–water partition coefficient (Wildman–Crippen LogP) is 0.242. The maximum absolute atomic E-state index is 11.1. The Bertz CT molecular complexity index is 383. The van der Waals surface area contributed by atoms with Gasteiger partial charge in [-0.15, -0.1) is 0 Å². The summed E-state index contributed by atoms with van der Waals surface area (Å²) < 4.78 is 0. The van der Waals surface area contributed by atoms with Crippen LogP contribution in [0.4, 0.5) is 5.82 Å². The van der Waals surface area contributed by atoms with Crippen molar-refractivity contribution in [3.63, 3.8) is 0 Å². The number of nitrogens with zero attached hydrogens (tertiary/aromatic N) is 1. The van der Waals surface area contributed by atoms with Crippen molar-refractivity contribution >= 4 is 5.82 Å². The number of hydrogen-bond acceptors (Lipinski definition) is 4. The van der Waals surface area contributed by atoms with Crippen LogP contribution in [0, 0.1) is 6.92 Å². The first-order chi connectivity index (χ1) is 7.24. The van der Waals surface area contributed by atoms with Crippen LogP contribution in [0.1, 0.15) is 18.7 Å². The van der Waals surface area contributed by atoms with Gasteiger partial charge in [-0.3, -0.25) is 4.79 Å². The minimum absolute atomic E-state index is 0.111. The Balaban J connectivity index is 1.78. The number of hydrogen-bond donors (Lipinski definition) is 3. The number of aromatic amines is 1. The van der Waals surface area contributed by atoms with Crippen LogP contribution in [-0.4, -0.2) is 29.1 Å². The van der Waals surface area contributed by atoms with Crippen molar-refractivity contribution in [3.8, 4) is 0 Å². The smallest absolute Gasteiger partial charge is 0.252 e. The molecule has 5 nitrogen and oxygen atoms in total. The summed E-state index contributed by atoms with van der Waals surface area (Å²) in [4.78, 5) is 17.9. The molecule has 1 saturated carbocycles. The summed E-state index contributed by atoms with van der Waals surface area (Å²) in [5.74, 6) is 1.29. The molecule has 82 valence electrons. The van der Waals surface area contributed by atoms with Crippen molar-refractivity contribution in [2.75, 3.05) is 18.4 Å². The highest BCUT2D eigenvalue weighted by molar-refractivity contribution is 5.32. The fraction of sp³-hybridized carbons (Fsp3) is 0.600. The molecule has 1 fully saturated rings. The van der Waals surface area contributed by atoms with Gasteiger partial charge in [0.25, 0.3) is 5.56 Å². The number of aryl methyl sites for hydroxylation is 1. The van der Waals surface area contributed by atoms with Crippen molar-refractivity contribution in [2.24, 2.45) is 0 Å². The summed E-state index contributed by atoms with van der Waals surface area (Å²) in [5, 5.41) is 6.50. The zero-order valence-electron chi connectivity index (χ0n) is 8.84. The summed E-state index contributed by atoms with van der Waals surface area (Å²) in [6.07, 6.45) is 2.59. The van der Waals surface area contributed by atoms with Crippen molar-refractivity contribution in [2.45, 2.75) is 25.8 Å². The van der Waals surface area contributed by atoms with E-state index in [1.165, 1.54) is 18.9 Å². The molecule has 2 rings (SSSR count). The first-order valence-corrected chi connectivity index (χ1v) is 5.29. The predicted molar refractivity (Wildman–Crippen MR) is 59.1 cm³/mol. The van der Waals surface area contributed by atoms with Gasteiger partial charge in [-0.05, 0) is 19.8 Å². The first kappa shape index (κ1) is 10.2. The van der Waals surface area contributed by atoms with E-state index in [1.807, 2.05) is 0 Å². The SMILES string of the molecule is Cc1nc(NCCNC2CC2)cc(=O)[nH]1. The zero-order valence-corrected chi connectivity index (χ0v) is 8.84. The van der Waals surface area contributed by atoms with Crippen molar-refractivity contribution in [3.05, 3.63) is 22.2 Å². The lowest BCUT2D eigenvalue weighted by Crippen LogP contribution is -2.24. The van der Waals surface area contributed by atoms with Gasteiger partial charge in [0.1, 0.15) is 11.6 Å². The molecule has 3 N–H and O–H groups in total. The molecule has 0 amide bonds. The monoisotopic (exact) mass is 208 g/mol. The van der Waals surface area contributed by atoms with Crippen LogP contribution in [-0.2, 0) is 0 Å². The summed E-state index contributed by atoms with van der Waals surface area (Å²) in [5.41, 5.74) is -0.111. The van der Waals surface area contributed by atoms with Gasteiger partial charge < -0.3 is 15.6 Å². The molecule has 1 aromatic heterocycles. The van der Waals surface area contributed by atoms with Crippen LogP contribution < -0.4 is 16.2 Å². The Morgan fingerprint density at radius 2 is 2.33 bits per heavy atom. The lowest BCUT2D eigenvalue weighted by atomic mass is 10.5. The first-order valence-electron chi connectivity index (χ1n) is 5.29. The molecule has 5 heteroatoms. The van der Waals surface area contributed by atoms with Crippen molar-refractivity contribution < 1.29 is 0 Å². The standard InChI is InChI=1S/C10H16N4O/c1-7-13-9(6-10(15)14-7)12-5-4-11-8-2-3-8/h6,8,11H,2-5H2,1H3,(H2,12,13,14,15). The number of rotatable bonds is 5. The third-order valence-electron chi connectivity index (χ3n) is 2.30. The zero-order chi connectivity index (χ0) is 10.7. The average molecular weight is 208 g/mol. The molecule has 0 aliphatic heterocycles. The van der Waals surface area contributed by atoms with E-state index < -0.39 is 0 Å². The van der Waals surface area contributed by atoms with Gasteiger partial charge >= 0.3 is 0 Å². The number of H-pyrrole nitrogens is 1. The van der Waals surface area contributed by atoms with Crippen LogP contribution in [0.5, 0.6) is 0 Å². The highest BCUT2D eigenvalue weighted by atomic mass is 16.1. The van der Waals surface area contributed by atoms with Crippen LogP contribution in [0.15, 0.2) is 10.9 Å². The molecular weight excluding hydrogens is 192 g/mol. The molecule has 0 saturated heterocycles. The molecule has 15 heavy (non-hydrogen) atoms. The maximum Gasteiger partial charge on any atom is 0.252 e. The van der Waals surface area contributed by atoms with Gasteiger partial charge in [-0.1, -0.05) is 0 Å². The molecule has 1 aliphatic rings. The summed E-state index contributed by atoms with van der Waals surface area (Å²) in [7, 11) is 0. The van der Waals surface area contributed by atoms with E-state index >= 15 is 0 Å². The van der Waals surface area contributed by atoms with Crippen LogP contribution in [0.25, 0.3) is 0 Å². The molecule has 1 heterocycles. The third-order valence-corrected chi connectivity index (χ3v) is 2.30. The summed E-state index contributed by atoms with van der Waals surface area (Å²) in [6.45, 7) is 3.49. The molecular formula is C10H16N4O. The Kier molecular flexibility index (Phi) is 3.01. The molecule has 1 aliphatic carbocycles. The van der Waals surface area contributed by atoms with E-state index in [2.05, 4.69) is 20.6 Å². The number of anilines is 1. The second-order valence-corrected chi connectivity index (χ2v) is 3.87. The molecule has 1 aromatic rings. The van der Waals surface area contributed by atoms with E-state index in [9.17, 15) is 4.79 Å². The summed E-state index contributed by atoms with van der Waals surface area (Å²) in [6, 6.07) is 2.20. The quantitative estimate of drug-likeness (QED) is 0.606. The minimum Gasteiger partial charge on any atom is -0.369 e. The maximum atomic E-state index is 11.1. The van der Waals surface area contributed by atoms with Crippen LogP contribution in [0.3, 0.4) is 0 Å². The Morgan fingerprint density at radius 1 is 1.53 bits per heavy atom. The Hall–Kier alpha value is -1.36. The fourth-order valence-corrected chi connectivity index (χ4v) is 1.42. The van der Waals surface area contributed by atoms with Crippen LogP contribution in [0.2, 0.25) is 0 Å².